The van der Waals surface area contributed by atoms with E-state index in [1.165, 1.54) is 28.1 Å². The molecule has 2 aliphatic rings. The Balaban J connectivity index is 0.00000253. The third-order valence-electron chi connectivity index (χ3n) is 7.68. The molecular weight excluding hydrogens is 587 g/mol. The number of hydrogen-bond donors (Lipinski definition) is 0. The van der Waals surface area contributed by atoms with Gasteiger partial charge in [0.1, 0.15) is 0 Å². The predicted octanol–water partition coefficient (Wildman–Crippen LogP) is 1.81. The normalized spacial score (nSPS) is 13.1. The van der Waals surface area contributed by atoms with E-state index in [9.17, 15) is 0 Å². The molecule has 0 atom stereocenters. The largest absolute Gasteiger partial charge is 1.00 e. The number of rotatable bonds is 8. The summed E-state index contributed by atoms with van der Waals surface area (Å²) in [6.07, 6.45) is 9.30. The molecule has 0 saturated carbocycles. The first kappa shape index (κ1) is 33.1. The topological polar surface area (TPSA) is 6.48 Å². The zero-order valence-electron chi connectivity index (χ0n) is 25.0. The zero-order valence-corrected chi connectivity index (χ0v) is 29.0. The van der Waals surface area contributed by atoms with Crippen LogP contribution < -0.4 is 37.9 Å². The van der Waals surface area contributed by atoms with E-state index in [2.05, 4.69) is 128 Å². The maximum absolute atomic E-state index is 2.68. The molecule has 0 heterocycles. The van der Waals surface area contributed by atoms with Crippen molar-refractivity contribution in [1.82, 2.24) is 0 Å². The van der Waals surface area contributed by atoms with Crippen LogP contribution in [0.4, 0.5) is 11.4 Å². The fourth-order valence-electron chi connectivity index (χ4n) is 6.62. The number of halogens is 2. The molecule has 0 aromatic heterocycles. The molecule has 0 spiro atoms. The van der Waals surface area contributed by atoms with Crippen LogP contribution >= 0.6 is 0 Å². The second-order valence-corrected chi connectivity index (χ2v) is 19.0. The molecule has 0 N–H and O–H groups in total. The molecule has 0 fully saturated rings. The van der Waals surface area contributed by atoms with Crippen LogP contribution in [0.5, 0.6) is 0 Å². The Bertz CT molecular complexity index is 1220. The molecule has 0 bridgehead atoms. The van der Waals surface area contributed by atoms with Crippen molar-refractivity contribution in [2.24, 2.45) is 0 Å². The van der Waals surface area contributed by atoms with Gasteiger partial charge in [-0.05, 0) is 0 Å². The SMILES string of the molecule is C[C](C)=[Zr+2]([C]1=CC=CC1)[c]1c(N(C(C)C)C(C)C)ccc2c1Cc1cc(N(C(C)C)C(C)C)ccc1-2.[Cl-].[Cl-]. The van der Waals surface area contributed by atoms with Crippen LogP contribution in [0.3, 0.4) is 0 Å². The van der Waals surface area contributed by atoms with Crippen LogP contribution in [0.25, 0.3) is 11.1 Å². The van der Waals surface area contributed by atoms with Gasteiger partial charge >= 0.3 is 229 Å². The zero-order chi connectivity index (χ0) is 26.3. The molecule has 38 heavy (non-hydrogen) atoms. The maximum Gasteiger partial charge on any atom is -1.00 e. The Labute approximate surface area is 252 Å². The summed E-state index contributed by atoms with van der Waals surface area (Å²) in [7, 11) is 0. The number of hydrogen-bond acceptors (Lipinski definition) is 2. The first-order valence-corrected chi connectivity index (χ1v) is 17.6. The van der Waals surface area contributed by atoms with Gasteiger partial charge in [0.25, 0.3) is 0 Å². The molecule has 206 valence electrons. The number of benzene rings is 2. The Morgan fingerprint density at radius 1 is 0.763 bits per heavy atom. The standard InChI is InChI=1S/C25H35N2.C5H5.C3H6.2ClH.Zr/c1-16(2)26(17(3)4)22-9-11-24-20(14-22)13-21-15-23(10-12-25(21)24)27(18(5)6)19(7)8;1-2-4-5-3-1;1-3-2;;;/h9-12,14,16-19H,13H2,1-8H3;1-3H,4H2;1-2H3;2*1H;/q;;;;;+2/p-2. The van der Waals surface area contributed by atoms with Crippen molar-refractivity contribution in [3.63, 3.8) is 0 Å². The van der Waals surface area contributed by atoms with Gasteiger partial charge in [-0.15, -0.1) is 0 Å². The fraction of sp³-hybridized carbons (Fsp3) is 0.485. The van der Waals surface area contributed by atoms with Gasteiger partial charge in [-0.2, -0.15) is 0 Å². The molecular formula is C33H46Cl2N2Zr. The van der Waals surface area contributed by atoms with Gasteiger partial charge in [-0.3, -0.25) is 0 Å². The van der Waals surface area contributed by atoms with Gasteiger partial charge in [-0.1, -0.05) is 0 Å². The minimum Gasteiger partial charge on any atom is -1.00 e. The van der Waals surface area contributed by atoms with Crippen molar-refractivity contribution in [2.45, 2.75) is 106 Å². The average Bonchev–Trinajstić information content (AvgIpc) is 3.41. The molecule has 0 aliphatic heterocycles. The van der Waals surface area contributed by atoms with Gasteiger partial charge in [0.05, 0.1) is 0 Å². The van der Waals surface area contributed by atoms with Crippen molar-refractivity contribution in [1.29, 1.82) is 0 Å². The number of nitrogens with zero attached hydrogens (tertiary/aromatic N) is 2. The van der Waals surface area contributed by atoms with Crippen LogP contribution in [0.2, 0.25) is 0 Å². The van der Waals surface area contributed by atoms with E-state index in [-0.39, 0.29) is 24.8 Å². The van der Waals surface area contributed by atoms with Gasteiger partial charge in [0.15, 0.2) is 0 Å². The Kier molecular flexibility index (Phi) is 11.7. The molecule has 4 rings (SSSR count). The third kappa shape index (κ3) is 6.26. The van der Waals surface area contributed by atoms with Gasteiger partial charge in [0.2, 0.25) is 0 Å². The number of fused-ring (bicyclic) bond motifs is 3. The van der Waals surface area contributed by atoms with Crippen LogP contribution in [-0.2, 0) is 27.7 Å². The van der Waals surface area contributed by atoms with E-state index in [4.69, 9.17) is 0 Å². The molecule has 0 unspecified atom stereocenters. The Hall–Kier alpha value is -1.15. The summed E-state index contributed by atoms with van der Waals surface area (Å²) in [6.45, 7) is 23.5. The summed E-state index contributed by atoms with van der Waals surface area (Å²) in [6, 6.07) is 14.1. The van der Waals surface area contributed by atoms with Crippen LogP contribution in [0.15, 0.2) is 51.8 Å². The van der Waals surface area contributed by atoms with Gasteiger partial charge < -0.3 is 24.8 Å². The molecule has 0 radical (unpaired) electrons. The second kappa shape index (κ2) is 13.5. The average molecular weight is 633 g/mol. The maximum atomic E-state index is 2.68. The van der Waals surface area contributed by atoms with Crippen molar-refractivity contribution in [3.8, 4) is 11.1 Å². The minimum absolute atomic E-state index is 0. The monoisotopic (exact) mass is 630 g/mol. The van der Waals surface area contributed by atoms with Crippen LogP contribution in [0.1, 0.15) is 86.8 Å². The second-order valence-electron chi connectivity index (χ2n) is 11.9. The van der Waals surface area contributed by atoms with Crippen molar-refractivity contribution >= 4 is 17.9 Å². The quantitative estimate of drug-likeness (QED) is 0.374. The first-order valence-electron chi connectivity index (χ1n) is 13.9. The molecule has 5 heteroatoms. The smallest absolute Gasteiger partial charge is 1.00 e. The predicted molar refractivity (Wildman–Crippen MR) is 158 cm³/mol. The molecule has 2 aromatic rings. The van der Waals surface area contributed by atoms with Gasteiger partial charge in [-0.25, -0.2) is 0 Å². The molecule has 2 aliphatic carbocycles. The fourth-order valence-corrected chi connectivity index (χ4v) is 14.1. The van der Waals surface area contributed by atoms with E-state index in [0.717, 1.165) is 12.8 Å². The minimum atomic E-state index is -2.23. The Morgan fingerprint density at radius 2 is 1.34 bits per heavy atom. The van der Waals surface area contributed by atoms with Crippen molar-refractivity contribution < 1.29 is 46.1 Å². The third-order valence-corrected chi connectivity index (χ3v) is 15.2. The summed E-state index contributed by atoms with van der Waals surface area (Å²) in [4.78, 5) is 5.23. The van der Waals surface area contributed by atoms with E-state index < -0.39 is 21.3 Å². The summed E-state index contributed by atoms with van der Waals surface area (Å²) >= 11 is -2.23. The Morgan fingerprint density at radius 3 is 1.84 bits per heavy atom. The summed E-state index contributed by atoms with van der Waals surface area (Å²) in [5.74, 6) is 0. The molecule has 2 aromatic carbocycles. The van der Waals surface area contributed by atoms with E-state index in [1.54, 1.807) is 15.3 Å². The molecule has 2 nitrogen and oxygen atoms in total. The molecule has 0 amide bonds. The number of allylic oxidation sites excluding steroid dienone is 4. The summed E-state index contributed by atoms with van der Waals surface area (Å²) < 4.78 is 5.13. The van der Waals surface area contributed by atoms with Crippen LogP contribution in [0, 0.1) is 0 Å². The van der Waals surface area contributed by atoms with Gasteiger partial charge in [0, 0.05) is 0 Å². The summed E-state index contributed by atoms with van der Waals surface area (Å²) in [5.41, 5.74) is 8.91. The van der Waals surface area contributed by atoms with E-state index in [0.29, 0.717) is 24.2 Å². The van der Waals surface area contributed by atoms with E-state index in [1.807, 2.05) is 0 Å². The van der Waals surface area contributed by atoms with Crippen LogP contribution in [-0.4, -0.2) is 27.4 Å². The number of anilines is 2. The van der Waals surface area contributed by atoms with E-state index >= 15 is 0 Å². The molecule has 0 saturated heterocycles. The van der Waals surface area contributed by atoms with Crippen molar-refractivity contribution in [2.75, 3.05) is 9.80 Å². The first-order chi connectivity index (χ1) is 17.0. The summed E-state index contributed by atoms with van der Waals surface area (Å²) in [5, 5.41) is 0. The van der Waals surface area contributed by atoms with Crippen molar-refractivity contribution in [3.05, 3.63) is 63.0 Å².